The van der Waals surface area contributed by atoms with E-state index in [-0.39, 0.29) is 0 Å². The van der Waals surface area contributed by atoms with Crippen LogP contribution in [0.5, 0.6) is 0 Å². The fourth-order valence-corrected chi connectivity index (χ4v) is 1.65. The van der Waals surface area contributed by atoms with Gasteiger partial charge in [0.2, 0.25) is 0 Å². The van der Waals surface area contributed by atoms with Gasteiger partial charge in [0.15, 0.2) is 0 Å². The minimum Gasteiger partial charge on any atom is -0.398 e. The summed E-state index contributed by atoms with van der Waals surface area (Å²) in [4.78, 5) is 0. The van der Waals surface area contributed by atoms with Crippen LogP contribution in [0.4, 0.5) is 17.1 Å². The average molecular weight is 222 g/mol. The lowest BCUT2D eigenvalue weighted by atomic mass is 10.1. The van der Waals surface area contributed by atoms with Crippen LogP contribution in [-0.2, 0) is 0 Å². The van der Waals surface area contributed by atoms with Crippen molar-refractivity contribution in [3.63, 3.8) is 0 Å². The number of fused-ring (bicyclic) bond motifs is 1. The normalized spacial score (nSPS) is 13.9. The van der Waals surface area contributed by atoms with Crippen molar-refractivity contribution in [2.75, 3.05) is 22.8 Å². The third-order valence-corrected chi connectivity index (χ3v) is 2.39. The number of anilines is 3. The molecule has 0 saturated carbocycles. The Morgan fingerprint density at radius 3 is 2.81 bits per heavy atom. The molecule has 0 aromatic heterocycles. The zero-order valence-corrected chi connectivity index (χ0v) is 8.88. The minimum atomic E-state index is 0.437. The molecule has 1 aromatic rings. The fourth-order valence-electron chi connectivity index (χ4n) is 1.65. The van der Waals surface area contributed by atoms with Crippen LogP contribution in [-0.4, -0.2) is 22.1 Å². The van der Waals surface area contributed by atoms with Crippen LogP contribution in [0.2, 0.25) is 0 Å². The quantitative estimate of drug-likeness (QED) is 0.567. The van der Waals surface area contributed by atoms with Crippen molar-refractivity contribution in [2.24, 2.45) is 0 Å². The zero-order chi connectivity index (χ0) is 11.7. The molecule has 0 saturated heterocycles. The summed E-state index contributed by atoms with van der Waals surface area (Å²) in [5, 5.41) is 23.4. The van der Waals surface area contributed by atoms with E-state index >= 15 is 0 Å². The average Bonchev–Trinajstić information content (AvgIpc) is 2.27. The van der Waals surface area contributed by atoms with E-state index in [1.165, 1.54) is 6.20 Å². The Bertz CT molecular complexity index is 433. The maximum Gasteiger partial charge on any atom is 0.123 e. The van der Waals surface area contributed by atoms with Crippen LogP contribution in [0.1, 0.15) is 12.5 Å². The van der Waals surface area contributed by atoms with Gasteiger partial charge in [-0.2, -0.15) is 0 Å². The second kappa shape index (κ2) is 3.92. The first kappa shape index (κ1) is 10.6. The molecule has 0 amide bonds. The lowest BCUT2D eigenvalue weighted by Gasteiger charge is -2.30. The summed E-state index contributed by atoms with van der Waals surface area (Å²) in [6.45, 7) is 2.65. The highest BCUT2D eigenvalue weighted by molar-refractivity contribution is 5.87. The Labute approximate surface area is 93.1 Å². The minimum absolute atomic E-state index is 0.437. The number of nitrogens with two attached hydrogens (primary N) is 1. The van der Waals surface area contributed by atoms with Gasteiger partial charge in [-0.25, -0.2) is 0 Å². The predicted molar refractivity (Wildman–Crippen MR) is 61.9 cm³/mol. The van der Waals surface area contributed by atoms with Crippen molar-refractivity contribution >= 4 is 23.1 Å². The molecule has 6 nitrogen and oxygen atoms in total. The highest BCUT2D eigenvalue weighted by Crippen LogP contribution is 2.37. The van der Waals surface area contributed by atoms with E-state index in [4.69, 9.17) is 5.73 Å². The van der Waals surface area contributed by atoms with Crippen LogP contribution in [0.3, 0.4) is 0 Å². The molecule has 1 aliphatic heterocycles. The topological polar surface area (TPSA) is 85.0 Å². The Kier molecular flexibility index (Phi) is 2.59. The Morgan fingerprint density at radius 2 is 2.12 bits per heavy atom. The lowest BCUT2D eigenvalue weighted by molar-refractivity contribution is -0.122. The molecule has 1 aliphatic rings. The fraction of sp³-hybridized carbons (Fsp3) is 0.200. The van der Waals surface area contributed by atoms with E-state index in [0.29, 0.717) is 39.5 Å². The molecule has 0 fully saturated rings. The number of hydroxylamine groups is 1. The van der Waals surface area contributed by atoms with Gasteiger partial charge >= 0.3 is 0 Å². The summed E-state index contributed by atoms with van der Waals surface area (Å²) in [6.07, 6.45) is 2.95. The second-order valence-electron chi connectivity index (χ2n) is 3.42. The van der Waals surface area contributed by atoms with E-state index < -0.39 is 0 Å². The number of hydrazine groups is 1. The number of nitrogens with one attached hydrogen (secondary N) is 1. The van der Waals surface area contributed by atoms with Gasteiger partial charge in [-0.05, 0) is 25.1 Å². The molecule has 5 N–H and O–H groups in total. The van der Waals surface area contributed by atoms with Crippen LogP contribution in [0, 0.1) is 0 Å². The number of hydrogen-bond donors (Lipinski definition) is 4. The maximum atomic E-state index is 9.72. The van der Waals surface area contributed by atoms with Crippen molar-refractivity contribution in [1.82, 2.24) is 5.17 Å². The van der Waals surface area contributed by atoms with Crippen LogP contribution in [0.15, 0.2) is 18.3 Å². The standard InChI is InChI=1S/C10H14N4O2/c1-2-12-9-4-3-8(11)7-5-6-13(15)14(16)10(7)9/h3-6,12,15-16H,2,11H2,1H3. The molecule has 6 heteroatoms. The van der Waals surface area contributed by atoms with E-state index in [1.807, 2.05) is 6.92 Å². The Morgan fingerprint density at radius 1 is 1.38 bits per heavy atom. The molecule has 86 valence electrons. The smallest absolute Gasteiger partial charge is 0.123 e. The number of hydrogen-bond acceptors (Lipinski definition) is 6. The van der Waals surface area contributed by atoms with E-state index in [1.54, 1.807) is 18.2 Å². The maximum absolute atomic E-state index is 9.72. The van der Waals surface area contributed by atoms with Crippen LogP contribution < -0.4 is 16.2 Å². The summed E-state index contributed by atoms with van der Waals surface area (Å²) < 4.78 is 0. The SMILES string of the molecule is CCNc1ccc(N)c2c1N(O)N(O)C=C2. The molecule has 1 aromatic carbocycles. The van der Waals surface area contributed by atoms with Gasteiger partial charge < -0.3 is 11.1 Å². The third kappa shape index (κ3) is 1.54. The summed E-state index contributed by atoms with van der Waals surface area (Å²) >= 11 is 0. The third-order valence-electron chi connectivity index (χ3n) is 2.39. The summed E-state index contributed by atoms with van der Waals surface area (Å²) in [6, 6.07) is 3.51. The predicted octanol–water partition coefficient (Wildman–Crippen LogP) is 1.49. The number of nitrogen functional groups attached to an aromatic ring is 1. The van der Waals surface area contributed by atoms with E-state index in [0.717, 1.165) is 0 Å². The summed E-state index contributed by atoms with van der Waals surface area (Å²) in [5.74, 6) is 0. The molecule has 0 bridgehead atoms. The van der Waals surface area contributed by atoms with Gasteiger partial charge in [0, 0.05) is 17.8 Å². The zero-order valence-electron chi connectivity index (χ0n) is 8.88. The molecule has 16 heavy (non-hydrogen) atoms. The first-order valence-electron chi connectivity index (χ1n) is 4.96. The van der Waals surface area contributed by atoms with Crippen molar-refractivity contribution in [2.45, 2.75) is 6.92 Å². The number of rotatable bonds is 2. The van der Waals surface area contributed by atoms with Gasteiger partial charge in [0.25, 0.3) is 0 Å². The highest BCUT2D eigenvalue weighted by Gasteiger charge is 2.22. The van der Waals surface area contributed by atoms with Crippen LogP contribution >= 0.6 is 0 Å². The highest BCUT2D eigenvalue weighted by atomic mass is 16.7. The summed E-state index contributed by atoms with van der Waals surface area (Å²) in [7, 11) is 0. The van der Waals surface area contributed by atoms with E-state index in [2.05, 4.69) is 5.32 Å². The van der Waals surface area contributed by atoms with Gasteiger partial charge in [-0.15, -0.1) is 10.3 Å². The van der Waals surface area contributed by atoms with Crippen molar-refractivity contribution < 1.29 is 10.4 Å². The monoisotopic (exact) mass is 222 g/mol. The summed E-state index contributed by atoms with van der Waals surface area (Å²) in [5.41, 5.74) is 8.15. The molecular formula is C10H14N4O2. The van der Waals surface area contributed by atoms with Crippen molar-refractivity contribution in [1.29, 1.82) is 0 Å². The molecule has 0 unspecified atom stereocenters. The van der Waals surface area contributed by atoms with Crippen molar-refractivity contribution in [3.8, 4) is 0 Å². The molecule has 0 spiro atoms. The first-order chi connectivity index (χ1) is 7.65. The lowest BCUT2D eigenvalue weighted by Crippen LogP contribution is -2.36. The first-order valence-corrected chi connectivity index (χ1v) is 4.96. The van der Waals surface area contributed by atoms with Gasteiger partial charge in [0.1, 0.15) is 5.69 Å². The largest absolute Gasteiger partial charge is 0.398 e. The van der Waals surface area contributed by atoms with Gasteiger partial charge in [-0.1, -0.05) is 0 Å². The Hall–Kier alpha value is -1.92. The Balaban J connectivity index is 2.57. The number of benzene rings is 1. The van der Waals surface area contributed by atoms with Crippen molar-refractivity contribution in [3.05, 3.63) is 23.9 Å². The molecule has 0 radical (unpaired) electrons. The van der Waals surface area contributed by atoms with Gasteiger partial charge in [-0.3, -0.25) is 10.4 Å². The van der Waals surface area contributed by atoms with E-state index in [9.17, 15) is 10.4 Å². The van der Waals surface area contributed by atoms with Crippen LogP contribution in [0.25, 0.3) is 6.08 Å². The molecule has 0 atom stereocenters. The number of nitrogens with zero attached hydrogens (tertiary/aromatic N) is 2. The molecule has 0 aliphatic carbocycles. The van der Waals surface area contributed by atoms with Gasteiger partial charge in [0.05, 0.1) is 11.9 Å². The molecular weight excluding hydrogens is 208 g/mol. The second-order valence-corrected chi connectivity index (χ2v) is 3.42. The molecule has 1 heterocycles. The molecule has 2 rings (SSSR count).